The summed E-state index contributed by atoms with van der Waals surface area (Å²) >= 11 is -1.71. The molecule has 2 unspecified atom stereocenters. The summed E-state index contributed by atoms with van der Waals surface area (Å²) in [5.74, 6) is 0. The molecule has 2 aromatic rings. The van der Waals surface area contributed by atoms with Gasteiger partial charge >= 0.3 is 154 Å². The van der Waals surface area contributed by atoms with Crippen LogP contribution in [-0.4, -0.2) is 5.43 Å². The fraction of sp³-hybridized carbons (Fsp3) is 0.273. The monoisotopic (exact) mass is 406 g/mol. The number of fused-ring (bicyclic) bond motifs is 2. The van der Waals surface area contributed by atoms with Crippen molar-refractivity contribution in [3.63, 3.8) is 0 Å². The fourth-order valence-corrected chi connectivity index (χ4v) is 22.9. The molecule has 0 aromatic heterocycles. The van der Waals surface area contributed by atoms with Gasteiger partial charge in [0.25, 0.3) is 0 Å². The summed E-state index contributed by atoms with van der Waals surface area (Å²) in [5.41, 5.74) is 8.76. The van der Waals surface area contributed by atoms with Gasteiger partial charge in [0.15, 0.2) is 0 Å². The third-order valence-electron chi connectivity index (χ3n) is 5.34. The van der Waals surface area contributed by atoms with E-state index in [1.165, 1.54) is 22.3 Å². The van der Waals surface area contributed by atoms with Crippen molar-refractivity contribution in [2.45, 2.75) is 34.2 Å². The van der Waals surface area contributed by atoms with Crippen LogP contribution in [0.15, 0.2) is 48.6 Å². The van der Waals surface area contributed by atoms with E-state index in [1.807, 2.05) is 0 Å². The molecule has 2 atom stereocenters. The molecule has 2 aromatic carbocycles. The average Bonchev–Trinajstić information content (AvgIpc) is 3.12. The van der Waals surface area contributed by atoms with Gasteiger partial charge in [-0.3, -0.25) is 0 Å². The molecule has 0 fully saturated rings. The van der Waals surface area contributed by atoms with Gasteiger partial charge < -0.3 is 0 Å². The molecule has 4 rings (SSSR count). The van der Waals surface area contributed by atoms with Crippen molar-refractivity contribution < 1.29 is 20.4 Å². The van der Waals surface area contributed by atoms with E-state index in [0.717, 1.165) is 7.25 Å². The van der Waals surface area contributed by atoms with Gasteiger partial charge in [-0.15, -0.1) is 0 Å². The Labute approximate surface area is 153 Å². The summed E-state index contributed by atoms with van der Waals surface area (Å²) in [6.45, 7) is 9.61. The Morgan fingerprint density at radius 1 is 0.750 bits per heavy atom. The van der Waals surface area contributed by atoms with Crippen LogP contribution in [0.25, 0.3) is 12.2 Å². The van der Waals surface area contributed by atoms with Crippen LogP contribution < -0.4 is 0 Å². The quantitative estimate of drug-likeness (QED) is 0.535. The molecule has 0 saturated heterocycles. The third-order valence-corrected chi connectivity index (χ3v) is 24.5. The minimum absolute atomic E-state index is 0.253. The van der Waals surface area contributed by atoms with Crippen LogP contribution in [0.5, 0.6) is 0 Å². The van der Waals surface area contributed by atoms with E-state index in [1.54, 1.807) is 11.1 Å². The summed E-state index contributed by atoms with van der Waals surface area (Å²) in [7, 11) is 0. The van der Waals surface area contributed by atoms with Crippen LogP contribution >= 0.6 is 0 Å². The molecule has 0 radical (unpaired) electrons. The van der Waals surface area contributed by atoms with E-state index in [-0.39, 0.29) is 5.43 Å². The molecule has 0 saturated carbocycles. The number of rotatable bonds is 2. The zero-order chi connectivity index (χ0) is 16.8. The van der Waals surface area contributed by atoms with E-state index in [2.05, 4.69) is 87.6 Å². The van der Waals surface area contributed by atoms with Crippen LogP contribution in [0.4, 0.5) is 0 Å². The summed E-state index contributed by atoms with van der Waals surface area (Å²) in [5, 5.41) is 0. The molecular weight excluding hydrogens is 384 g/mol. The first-order chi connectivity index (χ1) is 11.5. The van der Waals surface area contributed by atoms with Crippen molar-refractivity contribution in [1.82, 2.24) is 0 Å². The Kier molecular flexibility index (Phi) is 4.39. The van der Waals surface area contributed by atoms with E-state index in [4.69, 9.17) is 0 Å². The van der Waals surface area contributed by atoms with Crippen LogP contribution in [-0.2, 0) is 20.4 Å². The Morgan fingerprint density at radius 3 is 1.62 bits per heavy atom. The fourth-order valence-electron chi connectivity index (χ4n) is 4.20. The second-order valence-electron chi connectivity index (χ2n) is 7.39. The van der Waals surface area contributed by atoms with Gasteiger partial charge in [-0.25, -0.2) is 0 Å². The first-order valence-electron chi connectivity index (χ1n) is 8.79. The van der Waals surface area contributed by atoms with Crippen LogP contribution in [0.3, 0.4) is 0 Å². The molecule has 0 heterocycles. The molecule has 2 heteroatoms. The number of benzene rings is 2. The van der Waals surface area contributed by atoms with Crippen LogP contribution in [0.1, 0.15) is 40.6 Å². The molecule has 120 valence electrons. The van der Waals surface area contributed by atoms with Crippen LogP contribution in [0, 0.1) is 13.8 Å². The standard InChI is InChI=1S/2C10H9.C2H6Si.Zr/c2*1-8-5-6-9-3-2-4-10(9)7-8;1-3-2;/h2*2-7H,1H3;1-2H3;. The summed E-state index contributed by atoms with van der Waals surface area (Å²) < 4.78 is 1.51. The number of hydrogen-bond acceptors (Lipinski definition) is 0. The zero-order valence-corrected chi connectivity index (χ0v) is 18.4. The molecule has 24 heavy (non-hydrogen) atoms. The Balaban J connectivity index is 1.82. The predicted octanol–water partition coefficient (Wildman–Crippen LogP) is 6.01. The molecule has 0 amide bonds. The first-order valence-corrected chi connectivity index (χ1v) is 17.8. The van der Waals surface area contributed by atoms with Crippen molar-refractivity contribution in [3.05, 3.63) is 81.9 Å². The molecule has 0 aliphatic heterocycles. The van der Waals surface area contributed by atoms with Gasteiger partial charge in [-0.1, -0.05) is 0 Å². The molecule has 0 bridgehead atoms. The molecule has 0 N–H and O–H groups in total. The van der Waals surface area contributed by atoms with Gasteiger partial charge in [0.1, 0.15) is 0 Å². The SMILES string of the molecule is Cc1ccc2c(c1)[CH]([Zr]([CH]1C=Cc3ccc(C)cc31)=[Si](C)C)C=C2. The average molecular weight is 408 g/mol. The van der Waals surface area contributed by atoms with E-state index < -0.39 is 20.4 Å². The normalized spacial score (nSPS) is 20.2. The van der Waals surface area contributed by atoms with E-state index >= 15 is 0 Å². The van der Waals surface area contributed by atoms with E-state index in [0.29, 0.717) is 0 Å². The number of hydrogen-bond donors (Lipinski definition) is 0. The van der Waals surface area contributed by atoms with Gasteiger partial charge in [0.2, 0.25) is 0 Å². The van der Waals surface area contributed by atoms with Crippen molar-refractivity contribution in [2.24, 2.45) is 0 Å². The van der Waals surface area contributed by atoms with Gasteiger partial charge in [0, 0.05) is 0 Å². The summed E-state index contributed by atoms with van der Waals surface area (Å²) in [6, 6.07) is 14.1. The molecular formula is C22H24SiZr. The molecule has 0 nitrogen and oxygen atoms in total. The van der Waals surface area contributed by atoms with Gasteiger partial charge in [-0.05, 0) is 0 Å². The molecule has 2 aliphatic carbocycles. The summed E-state index contributed by atoms with van der Waals surface area (Å²) in [4.78, 5) is 0. The minimum atomic E-state index is -1.71. The van der Waals surface area contributed by atoms with Gasteiger partial charge in [-0.2, -0.15) is 0 Å². The first kappa shape index (κ1) is 16.5. The van der Waals surface area contributed by atoms with E-state index in [9.17, 15) is 0 Å². The predicted molar refractivity (Wildman–Crippen MR) is 103 cm³/mol. The second-order valence-corrected chi connectivity index (χ2v) is 25.5. The molecule has 2 aliphatic rings. The van der Waals surface area contributed by atoms with Crippen molar-refractivity contribution in [3.8, 4) is 0 Å². The van der Waals surface area contributed by atoms with Crippen LogP contribution in [0.2, 0.25) is 13.1 Å². The third kappa shape index (κ3) is 2.78. The van der Waals surface area contributed by atoms with Crippen molar-refractivity contribution >= 4 is 17.6 Å². The topological polar surface area (TPSA) is 0 Å². The number of allylic oxidation sites excluding steroid dienone is 2. The molecule has 0 spiro atoms. The second kappa shape index (κ2) is 6.39. The van der Waals surface area contributed by atoms with Crippen molar-refractivity contribution in [2.75, 3.05) is 0 Å². The Hall–Kier alpha value is -0.980. The van der Waals surface area contributed by atoms with Gasteiger partial charge in [0.05, 0.1) is 0 Å². The summed E-state index contributed by atoms with van der Waals surface area (Å²) in [6.07, 6.45) is 9.89. The Bertz CT molecular complexity index is 844. The Morgan fingerprint density at radius 2 is 1.21 bits per heavy atom. The maximum atomic E-state index is 2.57. The number of aryl methyl sites for hydroxylation is 2. The zero-order valence-electron chi connectivity index (χ0n) is 14.9. The maximum absolute atomic E-state index is 2.57. The van der Waals surface area contributed by atoms with Crippen molar-refractivity contribution in [1.29, 1.82) is 0 Å².